The fourth-order valence-corrected chi connectivity index (χ4v) is 0.594. The molecule has 0 atom stereocenters. The van der Waals surface area contributed by atoms with Crippen LogP contribution in [0.5, 0.6) is 0 Å². The summed E-state index contributed by atoms with van der Waals surface area (Å²) in [4.78, 5) is 0. The summed E-state index contributed by atoms with van der Waals surface area (Å²) in [6.07, 6.45) is 0. The van der Waals surface area contributed by atoms with Gasteiger partial charge in [0.05, 0.1) is 0 Å². The molecular weight excluding hydrogens is 170 g/mol. The summed E-state index contributed by atoms with van der Waals surface area (Å²) in [5, 5.41) is 24.2. The SMILES string of the molecule is N#CC(C#N)(C#N)S(=O)(=O)O. The van der Waals surface area contributed by atoms with Crippen molar-refractivity contribution in [3.8, 4) is 18.2 Å². The van der Waals surface area contributed by atoms with E-state index in [9.17, 15) is 8.42 Å². The van der Waals surface area contributed by atoms with Crippen molar-refractivity contribution < 1.29 is 13.0 Å². The van der Waals surface area contributed by atoms with Gasteiger partial charge >= 0.3 is 14.9 Å². The van der Waals surface area contributed by atoms with E-state index in [-0.39, 0.29) is 0 Å². The fraction of sp³-hybridized carbons (Fsp3) is 0.250. The first-order valence-electron chi connectivity index (χ1n) is 2.14. The van der Waals surface area contributed by atoms with Crippen molar-refractivity contribution >= 4 is 10.1 Å². The third-order valence-electron chi connectivity index (χ3n) is 0.859. The van der Waals surface area contributed by atoms with Crippen molar-refractivity contribution in [2.75, 3.05) is 0 Å². The van der Waals surface area contributed by atoms with E-state index >= 15 is 0 Å². The van der Waals surface area contributed by atoms with E-state index in [1.54, 1.807) is 0 Å². The van der Waals surface area contributed by atoms with Crippen molar-refractivity contribution in [2.45, 2.75) is 4.75 Å². The maximum absolute atomic E-state index is 10.2. The molecule has 0 aliphatic heterocycles. The monoisotopic (exact) mass is 171 g/mol. The average Bonchev–Trinajstić information content (AvgIpc) is 1.90. The predicted molar refractivity (Wildman–Crippen MR) is 31.1 cm³/mol. The maximum Gasteiger partial charge on any atom is 0.351 e. The van der Waals surface area contributed by atoms with Gasteiger partial charge in [0.2, 0.25) is 0 Å². The van der Waals surface area contributed by atoms with E-state index in [0.717, 1.165) is 18.2 Å². The molecule has 0 amide bonds. The molecule has 0 aliphatic rings. The highest BCUT2D eigenvalue weighted by Gasteiger charge is 2.44. The number of hydrogen-bond donors (Lipinski definition) is 1. The van der Waals surface area contributed by atoms with Gasteiger partial charge in [0.1, 0.15) is 18.2 Å². The molecule has 0 unspecified atom stereocenters. The fourth-order valence-electron chi connectivity index (χ4n) is 0.248. The zero-order valence-corrected chi connectivity index (χ0v) is 5.83. The largest absolute Gasteiger partial charge is 0.351 e. The van der Waals surface area contributed by atoms with Crippen molar-refractivity contribution in [2.24, 2.45) is 0 Å². The van der Waals surface area contributed by atoms with Gasteiger partial charge < -0.3 is 0 Å². The maximum atomic E-state index is 10.2. The summed E-state index contributed by atoms with van der Waals surface area (Å²) >= 11 is 0. The Bertz CT molecular complexity index is 340. The zero-order valence-electron chi connectivity index (χ0n) is 5.01. The van der Waals surface area contributed by atoms with Crippen LogP contribution < -0.4 is 0 Å². The second kappa shape index (κ2) is 2.55. The van der Waals surface area contributed by atoms with Gasteiger partial charge in [0.15, 0.2) is 0 Å². The van der Waals surface area contributed by atoms with Crippen LogP contribution in [0.3, 0.4) is 0 Å². The second-order valence-electron chi connectivity index (χ2n) is 1.49. The van der Waals surface area contributed by atoms with Crippen LogP contribution in [-0.4, -0.2) is 17.7 Å². The first kappa shape index (κ1) is 9.38. The number of nitriles is 3. The summed E-state index contributed by atoms with van der Waals surface area (Å²) < 4.78 is 25.7. The minimum atomic E-state index is -4.96. The lowest BCUT2D eigenvalue weighted by Crippen LogP contribution is -2.33. The highest BCUT2D eigenvalue weighted by Crippen LogP contribution is 2.11. The number of hydrogen-bond acceptors (Lipinski definition) is 5. The Morgan fingerprint density at radius 3 is 1.36 bits per heavy atom. The van der Waals surface area contributed by atoms with Gasteiger partial charge in [0.25, 0.3) is 0 Å². The molecule has 6 nitrogen and oxygen atoms in total. The summed E-state index contributed by atoms with van der Waals surface area (Å²) in [7, 11) is -4.96. The lowest BCUT2D eigenvalue weighted by molar-refractivity contribution is 0.475. The number of nitrogens with zero attached hydrogens (tertiary/aromatic N) is 3. The van der Waals surface area contributed by atoms with Gasteiger partial charge in [-0.15, -0.1) is 0 Å². The van der Waals surface area contributed by atoms with Crippen molar-refractivity contribution in [1.29, 1.82) is 15.8 Å². The van der Waals surface area contributed by atoms with E-state index in [4.69, 9.17) is 20.3 Å². The lowest BCUT2D eigenvalue weighted by Gasteiger charge is -2.02. The third kappa shape index (κ3) is 1.27. The van der Waals surface area contributed by atoms with Gasteiger partial charge in [-0.05, 0) is 0 Å². The average molecular weight is 171 g/mol. The van der Waals surface area contributed by atoms with Gasteiger partial charge in [-0.3, -0.25) is 4.55 Å². The molecule has 0 rings (SSSR count). The van der Waals surface area contributed by atoms with Crippen LogP contribution in [-0.2, 0) is 10.1 Å². The van der Waals surface area contributed by atoms with Crippen molar-refractivity contribution in [1.82, 2.24) is 0 Å². The molecule has 0 radical (unpaired) electrons. The van der Waals surface area contributed by atoms with E-state index in [2.05, 4.69) is 0 Å². The quantitative estimate of drug-likeness (QED) is 0.514. The summed E-state index contributed by atoms with van der Waals surface area (Å²) in [6.45, 7) is 0. The molecule has 56 valence electrons. The highest BCUT2D eigenvalue weighted by atomic mass is 32.2. The smallest absolute Gasteiger partial charge is 0.283 e. The molecule has 0 saturated heterocycles. The van der Waals surface area contributed by atoms with Crippen LogP contribution in [0, 0.1) is 34.0 Å². The molecule has 1 N–H and O–H groups in total. The second-order valence-corrected chi connectivity index (χ2v) is 3.05. The molecule has 0 aromatic rings. The molecule has 0 fully saturated rings. The molecule has 0 heterocycles. The summed E-state index contributed by atoms with van der Waals surface area (Å²) in [6, 6.07) is 2.68. The minimum Gasteiger partial charge on any atom is -0.283 e. The van der Waals surface area contributed by atoms with Crippen LogP contribution in [0.25, 0.3) is 0 Å². The summed E-state index contributed by atoms with van der Waals surface area (Å²) in [5.41, 5.74) is 0. The van der Waals surface area contributed by atoms with Crippen LogP contribution in [0.15, 0.2) is 0 Å². The van der Waals surface area contributed by atoms with Gasteiger partial charge in [0, 0.05) is 0 Å². The molecule has 0 bridgehead atoms. The Morgan fingerprint density at radius 1 is 1.09 bits per heavy atom. The Hall–Kier alpha value is -1.62. The Labute approximate surface area is 62.6 Å². The lowest BCUT2D eigenvalue weighted by atomic mass is 10.2. The van der Waals surface area contributed by atoms with Gasteiger partial charge in [-0.25, -0.2) is 0 Å². The molecule has 0 spiro atoms. The van der Waals surface area contributed by atoms with E-state index < -0.39 is 14.9 Å². The van der Waals surface area contributed by atoms with E-state index in [1.165, 1.54) is 0 Å². The van der Waals surface area contributed by atoms with E-state index in [1.807, 2.05) is 0 Å². The number of rotatable bonds is 1. The zero-order chi connectivity index (χ0) is 9.12. The Morgan fingerprint density at radius 2 is 1.36 bits per heavy atom. The van der Waals surface area contributed by atoms with Crippen molar-refractivity contribution in [3.63, 3.8) is 0 Å². The minimum absolute atomic E-state index is 0.895. The Balaban J connectivity index is 5.56. The molecule has 0 saturated carbocycles. The molecule has 7 heteroatoms. The molecule has 0 aromatic heterocycles. The van der Waals surface area contributed by atoms with E-state index in [0.29, 0.717) is 0 Å². The van der Waals surface area contributed by atoms with Crippen molar-refractivity contribution in [3.05, 3.63) is 0 Å². The highest BCUT2D eigenvalue weighted by molar-refractivity contribution is 7.88. The molecule has 0 aromatic carbocycles. The molecule has 0 aliphatic carbocycles. The topological polar surface area (TPSA) is 126 Å². The van der Waals surface area contributed by atoms with Crippen LogP contribution >= 0.6 is 0 Å². The standard InChI is InChI=1S/C4HN3O3S/c5-1-4(2-6,3-7)11(8,9)10/h(H,8,9,10). The Kier molecular flexibility index (Phi) is 2.17. The van der Waals surface area contributed by atoms with Crippen LogP contribution in [0.2, 0.25) is 0 Å². The normalized spacial score (nSPS) is 10.7. The molecule has 11 heavy (non-hydrogen) atoms. The summed E-state index contributed by atoms with van der Waals surface area (Å²) in [5.74, 6) is 0. The van der Waals surface area contributed by atoms with Crippen LogP contribution in [0.1, 0.15) is 0 Å². The van der Waals surface area contributed by atoms with Gasteiger partial charge in [-0.1, -0.05) is 0 Å². The first-order chi connectivity index (χ1) is 4.93. The van der Waals surface area contributed by atoms with Crippen LogP contribution in [0.4, 0.5) is 0 Å². The first-order valence-corrected chi connectivity index (χ1v) is 3.58. The third-order valence-corrected chi connectivity index (χ3v) is 1.91. The van der Waals surface area contributed by atoms with Gasteiger partial charge in [-0.2, -0.15) is 24.2 Å². The predicted octanol–water partition coefficient (Wildman–Crippen LogP) is -0.816. The molecular formula is C4HN3O3S.